The van der Waals surface area contributed by atoms with Crippen LogP contribution in [0.2, 0.25) is 0 Å². The summed E-state index contributed by atoms with van der Waals surface area (Å²) in [6.45, 7) is 2.08. The molecule has 0 aliphatic rings. The van der Waals surface area contributed by atoms with Crippen molar-refractivity contribution in [2.45, 2.75) is 26.0 Å². The van der Waals surface area contributed by atoms with Crippen LogP contribution in [0.1, 0.15) is 19.2 Å². The molecule has 1 aromatic heterocycles. The van der Waals surface area contributed by atoms with E-state index in [0.29, 0.717) is 41.0 Å². The minimum Gasteiger partial charge on any atom is -0.493 e. The molecule has 0 saturated heterocycles. The molecule has 0 saturated carbocycles. The third-order valence-corrected chi connectivity index (χ3v) is 4.51. The molecule has 3 aromatic rings. The Morgan fingerprint density at radius 1 is 1.07 bits per heavy atom. The van der Waals surface area contributed by atoms with E-state index in [2.05, 4.69) is 10.2 Å². The number of amides is 1. The summed E-state index contributed by atoms with van der Waals surface area (Å²) < 4.78 is 22.1. The Morgan fingerprint density at radius 2 is 1.80 bits per heavy atom. The maximum absolute atomic E-state index is 12.8. The second kappa shape index (κ2) is 9.78. The Kier molecular flexibility index (Phi) is 6.90. The Hall–Kier alpha value is -3.55. The maximum Gasteiger partial charge on any atom is 0.263 e. The molecule has 0 aliphatic carbocycles. The first-order valence-electron chi connectivity index (χ1n) is 9.57. The van der Waals surface area contributed by atoms with Crippen molar-refractivity contribution in [3.05, 3.63) is 54.4 Å². The van der Waals surface area contributed by atoms with Crippen LogP contribution in [-0.2, 0) is 11.3 Å². The summed E-state index contributed by atoms with van der Waals surface area (Å²) in [5, 5.41) is 8.14. The molecular formula is C22H25N3O5. The van der Waals surface area contributed by atoms with Crippen molar-refractivity contribution in [3.63, 3.8) is 0 Å². The highest BCUT2D eigenvalue weighted by Crippen LogP contribution is 2.31. The number of hydrogen-bond donors (Lipinski definition) is 0. The molecule has 3 rings (SSSR count). The van der Waals surface area contributed by atoms with E-state index >= 15 is 0 Å². The average Bonchev–Trinajstić information content (AvgIpc) is 3.25. The molecule has 8 heteroatoms. The van der Waals surface area contributed by atoms with E-state index in [0.717, 1.165) is 0 Å². The van der Waals surface area contributed by atoms with Gasteiger partial charge in [0.25, 0.3) is 5.91 Å². The fourth-order valence-electron chi connectivity index (χ4n) is 2.90. The van der Waals surface area contributed by atoms with E-state index < -0.39 is 6.10 Å². The van der Waals surface area contributed by atoms with Gasteiger partial charge in [-0.25, -0.2) is 0 Å². The summed E-state index contributed by atoms with van der Waals surface area (Å²) in [6.07, 6.45) is -0.0515. The van der Waals surface area contributed by atoms with E-state index in [1.54, 1.807) is 39.5 Å². The smallest absolute Gasteiger partial charge is 0.263 e. The number of likely N-dealkylation sites (N-methyl/N-ethyl adjacent to an activating group) is 1. The Bertz CT molecular complexity index is 974. The predicted octanol–water partition coefficient (Wildman–Crippen LogP) is 3.57. The number of carbonyl (C=O) groups is 1. The van der Waals surface area contributed by atoms with Gasteiger partial charge in [-0.3, -0.25) is 4.79 Å². The number of aromatic nitrogens is 2. The van der Waals surface area contributed by atoms with Crippen LogP contribution in [0.3, 0.4) is 0 Å². The zero-order chi connectivity index (χ0) is 21.5. The molecule has 1 atom stereocenters. The van der Waals surface area contributed by atoms with Crippen molar-refractivity contribution >= 4 is 5.91 Å². The minimum atomic E-state index is -0.592. The standard InChI is InChI=1S/C22H25N3O5/c1-5-17(29-16-9-7-6-8-10-16)22(26)25(2)14-20-23-24-21(30-20)15-11-12-18(27-3)19(13-15)28-4/h6-13,17H,5,14H2,1-4H3/t17-/m0/s1. The molecule has 30 heavy (non-hydrogen) atoms. The van der Waals surface area contributed by atoms with Crippen LogP contribution >= 0.6 is 0 Å². The SMILES string of the molecule is CC[C@H](Oc1ccccc1)C(=O)N(C)Cc1nnc(-c2ccc(OC)c(OC)c2)o1. The Balaban J connectivity index is 1.68. The van der Waals surface area contributed by atoms with Gasteiger partial charge in [0, 0.05) is 12.6 Å². The molecule has 0 unspecified atom stereocenters. The van der Waals surface area contributed by atoms with Gasteiger partial charge in [-0.15, -0.1) is 10.2 Å². The van der Waals surface area contributed by atoms with Crippen LogP contribution in [0.5, 0.6) is 17.2 Å². The van der Waals surface area contributed by atoms with Gasteiger partial charge >= 0.3 is 0 Å². The number of carbonyl (C=O) groups excluding carboxylic acids is 1. The zero-order valence-electron chi connectivity index (χ0n) is 17.5. The van der Waals surface area contributed by atoms with Crippen LogP contribution in [0, 0.1) is 0 Å². The molecule has 1 heterocycles. The third kappa shape index (κ3) is 4.89. The van der Waals surface area contributed by atoms with Crippen molar-refractivity contribution in [3.8, 4) is 28.7 Å². The van der Waals surface area contributed by atoms with Gasteiger partial charge in [-0.05, 0) is 36.8 Å². The number of ether oxygens (including phenoxy) is 3. The summed E-state index contributed by atoms with van der Waals surface area (Å²) >= 11 is 0. The lowest BCUT2D eigenvalue weighted by atomic mass is 10.2. The quantitative estimate of drug-likeness (QED) is 0.532. The molecule has 0 aliphatic heterocycles. The van der Waals surface area contributed by atoms with Gasteiger partial charge in [-0.1, -0.05) is 25.1 Å². The van der Waals surface area contributed by atoms with E-state index in [9.17, 15) is 4.79 Å². The second-order valence-corrected chi connectivity index (χ2v) is 6.59. The highest BCUT2D eigenvalue weighted by molar-refractivity contribution is 5.80. The van der Waals surface area contributed by atoms with Gasteiger partial charge in [0.05, 0.1) is 20.8 Å². The van der Waals surface area contributed by atoms with Gasteiger partial charge < -0.3 is 23.5 Å². The van der Waals surface area contributed by atoms with E-state index in [1.165, 1.54) is 4.90 Å². The Labute approximate surface area is 175 Å². The lowest BCUT2D eigenvalue weighted by molar-refractivity contribution is -0.138. The molecule has 0 N–H and O–H groups in total. The number of benzene rings is 2. The highest BCUT2D eigenvalue weighted by Gasteiger charge is 2.24. The number of methoxy groups -OCH3 is 2. The fraction of sp³-hybridized carbons (Fsp3) is 0.318. The van der Waals surface area contributed by atoms with E-state index in [-0.39, 0.29) is 12.5 Å². The summed E-state index contributed by atoms with van der Waals surface area (Å²) in [5.74, 6) is 2.32. The topological polar surface area (TPSA) is 86.9 Å². The first kappa shape index (κ1) is 21.2. The Morgan fingerprint density at radius 3 is 2.47 bits per heavy atom. The van der Waals surface area contributed by atoms with Crippen molar-refractivity contribution < 1.29 is 23.4 Å². The molecular weight excluding hydrogens is 386 g/mol. The van der Waals surface area contributed by atoms with Gasteiger partial charge in [0.1, 0.15) is 5.75 Å². The van der Waals surface area contributed by atoms with E-state index in [1.807, 2.05) is 37.3 Å². The molecule has 158 valence electrons. The molecule has 8 nitrogen and oxygen atoms in total. The number of nitrogens with zero attached hydrogens (tertiary/aromatic N) is 3. The summed E-state index contributed by atoms with van der Waals surface area (Å²) in [4.78, 5) is 14.3. The van der Waals surface area contributed by atoms with Crippen LogP contribution in [-0.4, -0.2) is 48.4 Å². The lowest BCUT2D eigenvalue weighted by Gasteiger charge is -2.22. The molecule has 2 aromatic carbocycles. The second-order valence-electron chi connectivity index (χ2n) is 6.59. The van der Waals surface area contributed by atoms with Crippen LogP contribution in [0.25, 0.3) is 11.5 Å². The first-order chi connectivity index (χ1) is 14.5. The van der Waals surface area contributed by atoms with Gasteiger partial charge in [0.2, 0.25) is 11.8 Å². The first-order valence-corrected chi connectivity index (χ1v) is 9.57. The number of rotatable bonds is 9. The van der Waals surface area contributed by atoms with Crippen LogP contribution < -0.4 is 14.2 Å². The molecule has 1 amide bonds. The molecule has 0 radical (unpaired) electrons. The van der Waals surface area contributed by atoms with Crippen molar-refractivity contribution in [2.75, 3.05) is 21.3 Å². The third-order valence-electron chi connectivity index (χ3n) is 4.51. The molecule has 0 bridgehead atoms. The summed E-state index contributed by atoms with van der Waals surface area (Å²) in [5.41, 5.74) is 0.694. The van der Waals surface area contributed by atoms with Crippen LogP contribution in [0.15, 0.2) is 52.9 Å². The minimum absolute atomic E-state index is 0.160. The fourth-order valence-corrected chi connectivity index (χ4v) is 2.90. The maximum atomic E-state index is 12.8. The largest absolute Gasteiger partial charge is 0.493 e. The van der Waals surface area contributed by atoms with Crippen molar-refractivity contribution in [1.82, 2.24) is 15.1 Å². The summed E-state index contributed by atoms with van der Waals surface area (Å²) in [7, 11) is 4.81. The molecule has 0 spiro atoms. The van der Waals surface area contributed by atoms with Gasteiger partial charge in [0.15, 0.2) is 17.6 Å². The highest BCUT2D eigenvalue weighted by atomic mass is 16.5. The molecule has 0 fully saturated rings. The lowest BCUT2D eigenvalue weighted by Crippen LogP contribution is -2.39. The normalized spacial score (nSPS) is 11.6. The monoisotopic (exact) mass is 411 g/mol. The number of para-hydroxylation sites is 1. The number of hydrogen-bond acceptors (Lipinski definition) is 7. The van der Waals surface area contributed by atoms with Crippen LogP contribution in [0.4, 0.5) is 0 Å². The predicted molar refractivity (Wildman–Crippen MR) is 110 cm³/mol. The van der Waals surface area contributed by atoms with Crippen molar-refractivity contribution in [1.29, 1.82) is 0 Å². The zero-order valence-corrected chi connectivity index (χ0v) is 17.5. The average molecular weight is 411 g/mol. The van der Waals surface area contributed by atoms with E-state index in [4.69, 9.17) is 18.6 Å². The van der Waals surface area contributed by atoms with Gasteiger partial charge in [-0.2, -0.15) is 0 Å². The van der Waals surface area contributed by atoms with Crippen molar-refractivity contribution in [2.24, 2.45) is 0 Å². The summed E-state index contributed by atoms with van der Waals surface area (Å²) in [6, 6.07) is 14.6.